The van der Waals surface area contributed by atoms with Gasteiger partial charge in [0.2, 0.25) is 5.91 Å². The van der Waals surface area contributed by atoms with Crippen LogP contribution in [0.2, 0.25) is 0 Å². The van der Waals surface area contributed by atoms with Gasteiger partial charge in [-0.1, -0.05) is 24.3 Å². The van der Waals surface area contributed by atoms with Crippen molar-refractivity contribution in [2.24, 2.45) is 0 Å². The second-order valence-electron chi connectivity index (χ2n) is 7.22. The molecule has 1 unspecified atom stereocenters. The number of rotatable bonds is 3. The monoisotopic (exact) mass is 356 g/mol. The highest BCUT2D eigenvalue weighted by Crippen LogP contribution is 2.25. The first-order chi connectivity index (χ1) is 12.6. The summed E-state index contributed by atoms with van der Waals surface area (Å²) in [7, 11) is 0. The third kappa shape index (κ3) is 3.31. The first-order valence-corrected chi connectivity index (χ1v) is 9.28. The van der Waals surface area contributed by atoms with Crippen molar-refractivity contribution in [2.45, 2.75) is 25.3 Å². The number of piperazine rings is 1. The fourth-order valence-corrected chi connectivity index (χ4v) is 4.18. The predicted octanol–water partition coefficient (Wildman–Crippen LogP) is 0.240. The van der Waals surface area contributed by atoms with E-state index in [1.165, 1.54) is 11.1 Å². The number of urea groups is 1. The summed E-state index contributed by atoms with van der Waals surface area (Å²) in [5.41, 5.74) is 2.91. The van der Waals surface area contributed by atoms with Gasteiger partial charge in [-0.05, 0) is 30.4 Å². The van der Waals surface area contributed by atoms with Crippen LogP contribution in [-0.2, 0) is 22.4 Å². The van der Waals surface area contributed by atoms with Gasteiger partial charge < -0.3 is 10.2 Å². The maximum absolute atomic E-state index is 12.4. The molecule has 7 nitrogen and oxygen atoms in total. The van der Waals surface area contributed by atoms with Gasteiger partial charge >= 0.3 is 6.03 Å². The molecule has 2 aliphatic heterocycles. The SMILES string of the molecule is O=C(CN1C(=O)CNC1=O)N1CCN(C2CCc3ccccc3C2)CC1. The number of benzene rings is 1. The van der Waals surface area contributed by atoms with Gasteiger partial charge in [0.1, 0.15) is 6.54 Å². The van der Waals surface area contributed by atoms with Gasteiger partial charge in [-0.2, -0.15) is 0 Å². The zero-order valence-electron chi connectivity index (χ0n) is 14.8. The largest absolute Gasteiger partial charge is 0.339 e. The molecule has 0 bridgehead atoms. The third-order valence-corrected chi connectivity index (χ3v) is 5.73. The van der Waals surface area contributed by atoms with E-state index in [4.69, 9.17) is 0 Å². The van der Waals surface area contributed by atoms with Crippen LogP contribution in [0.1, 0.15) is 17.5 Å². The fraction of sp³-hybridized carbons (Fsp3) is 0.526. The van der Waals surface area contributed by atoms with Crippen LogP contribution in [0.5, 0.6) is 0 Å². The molecule has 3 aliphatic rings. The molecule has 2 heterocycles. The number of hydrogen-bond acceptors (Lipinski definition) is 4. The fourth-order valence-electron chi connectivity index (χ4n) is 4.18. The van der Waals surface area contributed by atoms with Crippen LogP contribution >= 0.6 is 0 Å². The highest BCUT2D eigenvalue weighted by molar-refractivity contribution is 6.04. The molecule has 7 heteroatoms. The lowest BCUT2D eigenvalue weighted by Gasteiger charge is -2.41. The highest BCUT2D eigenvalue weighted by atomic mass is 16.2. The topological polar surface area (TPSA) is 73.0 Å². The van der Waals surface area contributed by atoms with Crippen molar-refractivity contribution in [3.05, 3.63) is 35.4 Å². The summed E-state index contributed by atoms with van der Waals surface area (Å²) in [6.45, 7) is 2.84. The van der Waals surface area contributed by atoms with Crippen molar-refractivity contribution in [1.82, 2.24) is 20.0 Å². The summed E-state index contributed by atoms with van der Waals surface area (Å²) in [5, 5.41) is 2.44. The first kappa shape index (κ1) is 17.0. The van der Waals surface area contributed by atoms with Crippen molar-refractivity contribution >= 4 is 17.8 Å². The van der Waals surface area contributed by atoms with Crippen molar-refractivity contribution in [3.63, 3.8) is 0 Å². The summed E-state index contributed by atoms with van der Waals surface area (Å²) in [6, 6.07) is 8.72. The summed E-state index contributed by atoms with van der Waals surface area (Å²) < 4.78 is 0. The minimum absolute atomic E-state index is 0.0109. The third-order valence-electron chi connectivity index (χ3n) is 5.73. The van der Waals surface area contributed by atoms with E-state index in [0.717, 1.165) is 37.3 Å². The van der Waals surface area contributed by atoms with Gasteiger partial charge in [0.25, 0.3) is 5.91 Å². The maximum atomic E-state index is 12.4. The summed E-state index contributed by atoms with van der Waals surface area (Å²) >= 11 is 0. The highest BCUT2D eigenvalue weighted by Gasteiger charge is 2.33. The average Bonchev–Trinajstić information content (AvgIpc) is 2.99. The van der Waals surface area contributed by atoms with Crippen molar-refractivity contribution in [1.29, 1.82) is 0 Å². The normalized spacial score (nSPS) is 23.8. The maximum Gasteiger partial charge on any atom is 0.325 e. The number of imide groups is 1. The van der Waals surface area contributed by atoms with Crippen LogP contribution in [0.15, 0.2) is 24.3 Å². The molecule has 0 spiro atoms. The molecule has 1 aromatic rings. The molecule has 0 saturated carbocycles. The van der Waals surface area contributed by atoms with Crippen molar-refractivity contribution in [2.75, 3.05) is 39.3 Å². The van der Waals surface area contributed by atoms with Crippen LogP contribution in [0.3, 0.4) is 0 Å². The molecule has 26 heavy (non-hydrogen) atoms. The molecule has 0 aromatic heterocycles. The molecule has 1 aromatic carbocycles. The molecule has 1 aliphatic carbocycles. The van der Waals surface area contributed by atoms with E-state index >= 15 is 0 Å². The van der Waals surface area contributed by atoms with E-state index < -0.39 is 6.03 Å². The number of carbonyl (C=O) groups is 3. The molecule has 1 N–H and O–H groups in total. The second-order valence-corrected chi connectivity index (χ2v) is 7.22. The average molecular weight is 356 g/mol. The van der Waals surface area contributed by atoms with Gasteiger partial charge in [0, 0.05) is 32.2 Å². The summed E-state index contributed by atoms with van der Waals surface area (Å²) in [6.07, 6.45) is 3.35. The van der Waals surface area contributed by atoms with Crippen LogP contribution in [0.4, 0.5) is 4.79 Å². The molecule has 4 rings (SSSR count). The second kappa shape index (κ2) is 7.07. The number of nitrogens with one attached hydrogen (secondary N) is 1. The molecule has 2 fully saturated rings. The van der Waals surface area contributed by atoms with E-state index in [0.29, 0.717) is 19.1 Å². The first-order valence-electron chi connectivity index (χ1n) is 9.28. The quantitative estimate of drug-likeness (QED) is 0.788. The number of fused-ring (bicyclic) bond motifs is 1. The van der Waals surface area contributed by atoms with Crippen LogP contribution < -0.4 is 5.32 Å². The van der Waals surface area contributed by atoms with Gasteiger partial charge in [-0.25, -0.2) is 4.79 Å². The van der Waals surface area contributed by atoms with Gasteiger partial charge in [0.05, 0.1) is 6.54 Å². The minimum atomic E-state index is -0.470. The van der Waals surface area contributed by atoms with Gasteiger partial charge in [-0.3, -0.25) is 19.4 Å². The Kier molecular flexibility index (Phi) is 4.63. The van der Waals surface area contributed by atoms with E-state index in [9.17, 15) is 14.4 Å². The summed E-state index contributed by atoms with van der Waals surface area (Å²) in [5.74, 6) is -0.480. The molecule has 138 valence electrons. The molecule has 2 saturated heterocycles. The number of aryl methyl sites for hydroxylation is 1. The Morgan fingerprint density at radius 1 is 1.08 bits per heavy atom. The van der Waals surface area contributed by atoms with Crippen molar-refractivity contribution < 1.29 is 14.4 Å². The Balaban J connectivity index is 1.30. The van der Waals surface area contributed by atoms with E-state index in [-0.39, 0.29) is 24.9 Å². The number of nitrogens with zero attached hydrogens (tertiary/aromatic N) is 3. The van der Waals surface area contributed by atoms with Crippen molar-refractivity contribution in [3.8, 4) is 0 Å². The zero-order chi connectivity index (χ0) is 18.1. The lowest BCUT2D eigenvalue weighted by atomic mass is 9.87. The lowest BCUT2D eigenvalue weighted by Crippen LogP contribution is -2.55. The number of carbonyl (C=O) groups excluding carboxylic acids is 3. The Bertz CT molecular complexity index is 711. The molecule has 4 amide bonds. The number of amides is 4. The Morgan fingerprint density at radius 3 is 2.50 bits per heavy atom. The predicted molar refractivity (Wildman–Crippen MR) is 95.5 cm³/mol. The Labute approximate surface area is 152 Å². The van der Waals surface area contributed by atoms with Crippen LogP contribution in [0.25, 0.3) is 0 Å². The van der Waals surface area contributed by atoms with Gasteiger partial charge in [-0.15, -0.1) is 0 Å². The van der Waals surface area contributed by atoms with E-state index in [1.54, 1.807) is 4.90 Å². The van der Waals surface area contributed by atoms with Gasteiger partial charge in [0.15, 0.2) is 0 Å². The standard InChI is InChI=1S/C19H24N4O3/c24-17-12-20-19(26)23(17)13-18(25)22-9-7-21(8-10-22)16-6-5-14-3-1-2-4-15(14)11-16/h1-4,16H,5-13H2,(H,20,26). The number of hydrogen-bond donors (Lipinski definition) is 1. The lowest BCUT2D eigenvalue weighted by molar-refractivity contribution is -0.138. The van der Waals surface area contributed by atoms with E-state index in [1.807, 2.05) is 0 Å². The molecular formula is C19H24N4O3. The smallest absolute Gasteiger partial charge is 0.325 e. The Morgan fingerprint density at radius 2 is 1.81 bits per heavy atom. The summed E-state index contributed by atoms with van der Waals surface area (Å²) in [4.78, 5) is 40.9. The van der Waals surface area contributed by atoms with Crippen LogP contribution in [-0.4, -0.2) is 77.9 Å². The molecule has 1 atom stereocenters. The Hall–Kier alpha value is -2.41. The molecular weight excluding hydrogens is 332 g/mol. The van der Waals surface area contributed by atoms with Crippen LogP contribution in [0, 0.1) is 0 Å². The minimum Gasteiger partial charge on any atom is -0.339 e. The van der Waals surface area contributed by atoms with E-state index in [2.05, 4.69) is 34.5 Å². The zero-order valence-corrected chi connectivity index (χ0v) is 14.8. The molecule has 0 radical (unpaired) electrons.